The van der Waals surface area contributed by atoms with Gasteiger partial charge in [0.15, 0.2) is 0 Å². The lowest BCUT2D eigenvalue weighted by molar-refractivity contribution is -0.143. The molecule has 1 amide bonds. The fourth-order valence-electron chi connectivity index (χ4n) is 11.4. The minimum atomic E-state index is -0.843. The van der Waals surface area contributed by atoms with Gasteiger partial charge < -0.3 is 20.3 Å². The number of carbonyl (C=O) groups excluding carboxylic acids is 2. The summed E-state index contributed by atoms with van der Waals surface area (Å²) in [6, 6.07) is -0.627. The molecule has 0 rings (SSSR count). The van der Waals surface area contributed by atoms with Crippen LogP contribution in [0.2, 0.25) is 0 Å². The Labute approximate surface area is 512 Å². The number of rotatable bonds is 69. The first-order valence-corrected chi connectivity index (χ1v) is 36.9. The Bertz CT molecular complexity index is 1370. The Balaban J connectivity index is 3.39. The molecule has 0 bridgehead atoms. The molecule has 6 nitrogen and oxygen atoms in total. The molecule has 82 heavy (non-hydrogen) atoms. The van der Waals surface area contributed by atoms with E-state index >= 15 is 0 Å². The second-order valence-corrected chi connectivity index (χ2v) is 25.3. The molecule has 0 fully saturated rings. The summed E-state index contributed by atoms with van der Waals surface area (Å²) in [7, 11) is 0. The van der Waals surface area contributed by atoms with Crippen molar-refractivity contribution in [1.82, 2.24) is 5.32 Å². The zero-order valence-electron chi connectivity index (χ0n) is 55.2. The summed E-state index contributed by atoms with van der Waals surface area (Å²) >= 11 is 0. The number of hydrogen-bond acceptors (Lipinski definition) is 5. The summed E-state index contributed by atoms with van der Waals surface area (Å²) in [5.74, 6) is -0.0551. The van der Waals surface area contributed by atoms with E-state index in [1.807, 2.05) is 6.08 Å². The smallest absolute Gasteiger partial charge is 0.305 e. The molecule has 0 saturated heterocycles. The first-order valence-electron chi connectivity index (χ1n) is 36.9. The van der Waals surface area contributed by atoms with Crippen molar-refractivity contribution in [3.8, 4) is 0 Å². The highest BCUT2D eigenvalue weighted by atomic mass is 16.5. The molecule has 0 aromatic rings. The van der Waals surface area contributed by atoms with Gasteiger partial charge in [-0.3, -0.25) is 9.59 Å². The minimum Gasteiger partial charge on any atom is -0.466 e. The van der Waals surface area contributed by atoms with Gasteiger partial charge in [-0.2, -0.15) is 0 Å². The third kappa shape index (κ3) is 67.0. The van der Waals surface area contributed by atoms with E-state index in [0.717, 1.165) is 51.4 Å². The molecule has 0 aliphatic carbocycles. The van der Waals surface area contributed by atoms with Gasteiger partial charge in [-0.05, 0) is 89.9 Å². The van der Waals surface area contributed by atoms with Crippen molar-refractivity contribution in [3.05, 3.63) is 48.6 Å². The van der Waals surface area contributed by atoms with Crippen LogP contribution in [0.3, 0.4) is 0 Å². The van der Waals surface area contributed by atoms with Crippen LogP contribution in [0.25, 0.3) is 0 Å². The highest BCUT2D eigenvalue weighted by Crippen LogP contribution is 2.18. The topological polar surface area (TPSA) is 95.9 Å². The quantitative estimate of drug-likeness (QED) is 0.0320. The average Bonchev–Trinajstić information content (AvgIpc) is 3.48. The van der Waals surface area contributed by atoms with Gasteiger partial charge in [0.05, 0.1) is 25.4 Å². The van der Waals surface area contributed by atoms with Crippen LogP contribution in [0.15, 0.2) is 48.6 Å². The molecule has 0 radical (unpaired) electrons. The maximum absolute atomic E-state index is 12.5. The summed E-state index contributed by atoms with van der Waals surface area (Å²) in [4.78, 5) is 24.6. The number of unbranched alkanes of at least 4 members (excludes halogenated alkanes) is 52. The summed E-state index contributed by atoms with van der Waals surface area (Å²) in [5.41, 5.74) is 0. The monoisotopic (exact) mass is 1150 g/mol. The number of amides is 1. The zero-order chi connectivity index (χ0) is 59.2. The second kappa shape index (κ2) is 71.3. The zero-order valence-corrected chi connectivity index (χ0v) is 55.2. The van der Waals surface area contributed by atoms with E-state index < -0.39 is 12.1 Å². The van der Waals surface area contributed by atoms with Gasteiger partial charge in [0.1, 0.15) is 0 Å². The van der Waals surface area contributed by atoms with Gasteiger partial charge in [0.25, 0.3) is 0 Å². The van der Waals surface area contributed by atoms with E-state index in [9.17, 15) is 19.8 Å². The Hall–Kier alpha value is -2.18. The molecular formula is C76H143NO5. The van der Waals surface area contributed by atoms with Gasteiger partial charge in [-0.25, -0.2) is 0 Å². The molecule has 0 heterocycles. The van der Waals surface area contributed by atoms with E-state index in [2.05, 4.69) is 55.6 Å². The molecule has 6 heteroatoms. The van der Waals surface area contributed by atoms with Gasteiger partial charge >= 0.3 is 5.97 Å². The van der Waals surface area contributed by atoms with Crippen LogP contribution >= 0.6 is 0 Å². The molecule has 2 atom stereocenters. The Kier molecular flexibility index (Phi) is 69.4. The van der Waals surface area contributed by atoms with Gasteiger partial charge in [-0.15, -0.1) is 0 Å². The third-order valence-electron chi connectivity index (χ3n) is 17.1. The van der Waals surface area contributed by atoms with Crippen molar-refractivity contribution < 1.29 is 24.5 Å². The number of allylic oxidation sites excluding steroid dienone is 7. The number of hydrogen-bond donors (Lipinski definition) is 3. The second-order valence-electron chi connectivity index (χ2n) is 25.3. The molecule has 482 valence electrons. The van der Waals surface area contributed by atoms with Gasteiger partial charge in [0, 0.05) is 12.8 Å². The van der Waals surface area contributed by atoms with Crippen LogP contribution in [0.5, 0.6) is 0 Å². The number of ether oxygens (including phenoxy) is 1. The van der Waals surface area contributed by atoms with Crippen molar-refractivity contribution in [2.75, 3.05) is 13.2 Å². The number of nitrogens with one attached hydrogen (secondary N) is 1. The maximum atomic E-state index is 12.5. The predicted octanol–water partition coefficient (Wildman–Crippen LogP) is 24.0. The first-order chi connectivity index (χ1) is 40.5. The summed E-state index contributed by atoms with van der Waals surface area (Å²) < 4.78 is 5.49. The van der Waals surface area contributed by atoms with Crippen LogP contribution in [-0.4, -0.2) is 47.4 Å². The van der Waals surface area contributed by atoms with Crippen molar-refractivity contribution in [3.63, 3.8) is 0 Å². The SMILES string of the molecule is CCCCCCC/C=C\CCCCCCCC(=O)OCCCCCCCCCCCCC/C=C\C/C=C\CCCCCCCCCCCCCCCCCCCC(=O)NC(CO)C(O)/C=C/CCCCCCCCCCCCCCCC. The number of esters is 1. The van der Waals surface area contributed by atoms with Crippen molar-refractivity contribution in [2.24, 2.45) is 0 Å². The third-order valence-corrected chi connectivity index (χ3v) is 17.1. The molecule has 0 aliphatic rings. The molecule has 0 spiro atoms. The van der Waals surface area contributed by atoms with E-state index in [1.54, 1.807) is 6.08 Å². The first kappa shape index (κ1) is 79.8. The molecule has 0 aromatic heterocycles. The van der Waals surface area contributed by atoms with Crippen LogP contribution in [0.4, 0.5) is 0 Å². The van der Waals surface area contributed by atoms with Crippen molar-refractivity contribution in [2.45, 2.75) is 411 Å². The summed E-state index contributed by atoms with van der Waals surface area (Å²) in [5, 5.41) is 23.2. The average molecular weight is 1150 g/mol. The van der Waals surface area contributed by atoms with Crippen molar-refractivity contribution in [1.29, 1.82) is 0 Å². The summed E-state index contributed by atoms with van der Waals surface area (Å²) in [6.45, 7) is 4.92. The van der Waals surface area contributed by atoms with E-state index in [0.29, 0.717) is 19.4 Å². The van der Waals surface area contributed by atoms with Gasteiger partial charge in [0.2, 0.25) is 5.91 Å². The molecule has 0 aromatic carbocycles. The predicted molar refractivity (Wildman–Crippen MR) is 361 cm³/mol. The standard InChI is InChI=1S/C76H143NO5/c1-3-5-7-9-11-13-15-17-19-41-44-48-52-56-60-64-68-74(79)73(72-78)77-75(80)69-65-61-57-53-49-45-42-39-37-35-33-31-29-27-25-23-21-20-22-24-26-28-30-32-34-36-38-40-43-47-51-55-59-63-67-71-82-76(81)70-66-62-58-54-50-46-18-16-14-12-10-8-6-4-2/h16,18,22,24,28,30,64,68,73-74,78-79H,3-15,17,19-21,23,25-27,29,31-63,65-67,69-72H2,1-2H3,(H,77,80)/b18-16-,24-22-,30-28-,68-64+. The van der Waals surface area contributed by atoms with Gasteiger partial charge in [-0.1, -0.05) is 345 Å². The van der Waals surface area contributed by atoms with Crippen LogP contribution in [0.1, 0.15) is 399 Å². The molecule has 0 saturated carbocycles. The minimum absolute atomic E-state index is 0.00815. The lowest BCUT2D eigenvalue weighted by Crippen LogP contribution is -2.45. The Morgan fingerprint density at radius 1 is 0.341 bits per heavy atom. The largest absolute Gasteiger partial charge is 0.466 e. The Morgan fingerprint density at radius 2 is 0.610 bits per heavy atom. The molecular weight excluding hydrogens is 1010 g/mol. The van der Waals surface area contributed by atoms with E-state index in [4.69, 9.17) is 4.74 Å². The van der Waals surface area contributed by atoms with E-state index in [1.165, 1.54) is 321 Å². The van der Waals surface area contributed by atoms with Crippen LogP contribution in [-0.2, 0) is 14.3 Å². The van der Waals surface area contributed by atoms with Crippen LogP contribution < -0.4 is 5.32 Å². The lowest BCUT2D eigenvalue weighted by atomic mass is 10.0. The molecule has 3 N–H and O–H groups in total. The normalized spacial score (nSPS) is 12.8. The molecule has 2 unspecified atom stereocenters. The number of carbonyl (C=O) groups is 2. The van der Waals surface area contributed by atoms with E-state index in [-0.39, 0.29) is 18.5 Å². The highest BCUT2D eigenvalue weighted by molar-refractivity contribution is 5.76. The fourth-order valence-corrected chi connectivity index (χ4v) is 11.4. The molecule has 0 aliphatic heterocycles. The Morgan fingerprint density at radius 3 is 0.939 bits per heavy atom. The van der Waals surface area contributed by atoms with Crippen LogP contribution in [0, 0.1) is 0 Å². The number of aliphatic hydroxyl groups is 2. The lowest BCUT2D eigenvalue weighted by Gasteiger charge is -2.20. The number of aliphatic hydroxyl groups excluding tert-OH is 2. The maximum Gasteiger partial charge on any atom is 0.305 e. The summed E-state index contributed by atoms with van der Waals surface area (Å²) in [6.07, 6.45) is 93.5. The highest BCUT2D eigenvalue weighted by Gasteiger charge is 2.18. The fraction of sp³-hybridized carbons (Fsp3) is 0.868. The van der Waals surface area contributed by atoms with Crippen molar-refractivity contribution >= 4 is 11.9 Å².